The van der Waals surface area contributed by atoms with Gasteiger partial charge in [-0.2, -0.15) is 0 Å². The van der Waals surface area contributed by atoms with E-state index >= 15 is 0 Å². The molecule has 1 aromatic rings. The summed E-state index contributed by atoms with van der Waals surface area (Å²) >= 11 is 0. The highest BCUT2D eigenvalue weighted by Crippen LogP contribution is 2.16. The predicted molar refractivity (Wildman–Crippen MR) is 50.0 cm³/mol. The summed E-state index contributed by atoms with van der Waals surface area (Å²) in [5.74, 6) is -1.18. The summed E-state index contributed by atoms with van der Waals surface area (Å²) in [6.07, 6.45) is -0.439. The zero-order valence-corrected chi connectivity index (χ0v) is 8.16. The summed E-state index contributed by atoms with van der Waals surface area (Å²) in [5.41, 5.74) is 0.762. The first kappa shape index (κ1) is 11.5. The minimum Gasteiger partial charge on any atom is -0.481 e. The molecule has 2 atom stereocenters. The molecule has 0 aliphatic carbocycles. The molecule has 0 radical (unpaired) electrons. The molecular formula is C9H12N2O4. The molecule has 1 aromatic heterocycles. The van der Waals surface area contributed by atoms with E-state index in [1.807, 2.05) is 0 Å². The van der Waals surface area contributed by atoms with Gasteiger partial charge in [-0.25, -0.2) is 0 Å². The van der Waals surface area contributed by atoms with E-state index < -0.39 is 24.6 Å². The van der Waals surface area contributed by atoms with Crippen LogP contribution in [0.15, 0.2) is 12.4 Å². The van der Waals surface area contributed by atoms with E-state index in [9.17, 15) is 15.0 Å². The Bertz CT molecular complexity index is 356. The third-order valence-corrected chi connectivity index (χ3v) is 1.82. The summed E-state index contributed by atoms with van der Waals surface area (Å²) in [7, 11) is 0. The van der Waals surface area contributed by atoms with Crippen LogP contribution < -0.4 is 0 Å². The molecule has 0 saturated heterocycles. The maximum absolute atomic E-state index is 10.3. The molecule has 0 spiro atoms. The lowest BCUT2D eigenvalue weighted by molar-refractivity contribution is -0.141. The Kier molecular flexibility index (Phi) is 3.70. The smallest absolute Gasteiger partial charge is 0.306 e. The molecule has 15 heavy (non-hydrogen) atoms. The maximum Gasteiger partial charge on any atom is 0.306 e. The van der Waals surface area contributed by atoms with Crippen molar-refractivity contribution in [1.82, 2.24) is 9.97 Å². The standard InChI is InChI=1S/C9H12N2O4/c1-5-3-10-4-6(11-5)9(15)7(12)2-8(13)14/h3-4,7,9,12,15H,2H2,1H3,(H,13,14). The number of aryl methyl sites for hydroxylation is 1. The van der Waals surface area contributed by atoms with Gasteiger partial charge >= 0.3 is 5.97 Å². The van der Waals surface area contributed by atoms with Crippen molar-refractivity contribution >= 4 is 5.97 Å². The van der Waals surface area contributed by atoms with Gasteiger partial charge in [-0.05, 0) is 6.92 Å². The lowest BCUT2D eigenvalue weighted by Gasteiger charge is -2.15. The normalized spacial score (nSPS) is 14.6. The van der Waals surface area contributed by atoms with Crippen LogP contribution >= 0.6 is 0 Å². The lowest BCUT2D eigenvalue weighted by Crippen LogP contribution is -2.22. The van der Waals surface area contributed by atoms with Crippen molar-refractivity contribution in [3.05, 3.63) is 23.8 Å². The Morgan fingerprint density at radius 3 is 2.67 bits per heavy atom. The number of nitrogens with zero attached hydrogens (tertiary/aromatic N) is 2. The second-order valence-electron chi connectivity index (χ2n) is 3.20. The summed E-state index contributed by atoms with van der Waals surface area (Å²) in [6, 6.07) is 0. The first-order valence-corrected chi connectivity index (χ1v) is 4.37. The van der Waals surface area contributed by atoms with Gasteiger partial charge in [0.1, 0.15) is 6.10 Å². The van der Waals surface area contributed by atoms with Crippen LogP contribution in [0.4, 0.5) is 0 Å². The average Bonchev–Trinajstić information content (AvgIpc) is 2.15. The molecule has 2 unspecified atom stereocenters. The quantitative estimate of drug-likeness (QED) is 0.630. The van der Waals surface area contributed by atoms with Crippen LogP contribution in [-0.2, 0) is 4.79 Å². The van der Waals surface area contributed by atoms with E-state index in [2.05, 4.69) is 9.97 Å². The minimum atomic E-state index is -1.38. The largest absolute Gasteiger partial charge is 0.481 e. The second kappa shape index (κ2) is 4.81. The van der Waals surface area contributed by atoms with E-state index in [-0.39, 0.29) is 5.69 Å². The molecule has 1 heterocycles. The lowest BCUT2D eigenvalue weighted by atomic mass is 10.1. The predicted octanol–water partition coefficient (Wildman–Crippen LogP) is -0.346. The molecule has 6 nitrogen and oxygen atoms in total. The summed E-state index contributed by atoms with van der Waals surface area (Å²) in [5, 5.41) is 27.3. The van der Waals surface area contributed by atoms with E-state index in [0.717, 1.165) is 0 Å². The van der Waals surface area contributed by atoms with Gasteiger partial charge in [0.25, 0.3) is 0 Å². The Morgan fingerprint density at radius 2 is 2.13 bits per heavy atom. The molecule has 82 valence electrons. The first-order chi connectivity index (χ1) is 7.00. The SMILES string of the molecule is Cc1cncc(C(O)C(O)CC(=O)O)n1. The van der Waals surface area contributed by atoms with Crippen molar-refractivity contribution in [3.63, 3.8) is 0 Å². The van der Waals surface area contributed by atoms with Crippen molar-refractivity contribution < 1.29 is 20.1 Å². The van der Waals surface area contributed by atoms with Crippen LogP contribution in [0.25, 0.3) is 0 Å². The topological polar surface area (TPSA) is 104 Å². The highest BCUT2D eigenvalue weighted by molar-refractivity contribution is 5.67. The van der Waals surface area contributed by atoms with Crippen molar-refractivity contribution in [1.29, 1.82) is 0 Å². The van der Waals surface area contributed by atoms with Gasteiger partial charge in [0.2, 0.25) is 0 Å². The highest BCUT2D eigenvalue weighted by Gasteiger charge is 2.22. The second-order valence-corrected chi connectivity index (χ2v) is 3.20. The Balaban J connectivity index is 2.75. The molecule has 0 amide bonds. The molecule has 6 heteroatoms. The molecule has 0 aliphatic rings. The molecule has 1 rings (SSSR count). The van der Waals surface area contributed by atoms with Gasteiger partial charge in [-0.15, -0.1) is 0 Å². The van der Waals surface area contributed by atoms with Gasteiger partial charge in [-0.3, -0.25) is 14.8 Å². The van der Waals surface area contributed by atoms with Crippen molar-refractivity contribution in [2.45, 2.75) is 25.6 Å². The van der Waals surface area contributed by atoms with Crippen molar-refractivity contribution in [2.75, 3.05) is 0 Å². The fraction of sp³-hybridized carbons (Fsp3) is 0.444. The summed E-state index contributed by atoms with van der Waals surface area (Å²) < 4.78 is 0. The zero-order valence-electron chi connectivity index (χ0n) is 8.16. The van der Waals surface area contributed by atoms with Crippen LogP contribution in [0.3, 0.4) is 0 Å². The average molecular weight is 212 g/mol. The summed E-state index contributed by atoms with van der Waals surface area (Å²) in [6.45, 7) is 1.69. The third-order valence-electron chi connectivity index (χ3n) is 1.82. The number of carbonyl (C=O) groups is 1. The number of hydrogen-bond acceptors (Lipinski definition) is 5. The van der Waals surface area contributed by atoms with Crippen LogP contribution in [0.2, 0.25) is 0 Å². The van der Waals surface area contributed by atoms with Crippen LogP contribution in [0, 0.1) is 6.92 Å². The minimum absolute atomic E-state index is 0.170. The van der Waals surface area contributed by atoms with Crippen LogP contribution in [-0.4, -0.2) is 37.4 Å². The van der Waals surface area contributed by atoms with E-state index in [1.54, 1.807) is 6.92 Å². The molecule has 0 aromatic carbocycles. The fourth-order valence-electron chi connectivity index (χ4n) is 1.11. The summed E-state index contributed by atoms with van der Waals surface area (Å²) in [4.78, 5) is 18.0. The first-order valence-electron chi connectivity index (χ1n) is 4.37. The molecule has 0 aliphatic heterocycles. The van der Waals surface area contributed by atoms with Gasteiger partial charge in [0.05, 0.1) is 30.1 Å². The molecule has 0 fully saturated rings. The number of carboxylic acid groups (broad SMARTS) is 1. The van der Waals surface area contributed by atoms with Crippen molar-refractivity contribution in [3.8, 4) is 0 Å². The van der Waals surface area contributed by atoms with Gasteiger partial charge in [0, 0.05) is 6.20 Å². The maximum atomic E-state index is 10.3. The van der Waals surface area contributed by atoms with Gasteiger partial charge in [0.15, 0.2) is 0 Å². The van der Waals surface area contributed by atoms with E-state index in [4.69, 9.17) is 5.11 Å². The number of hydrogen-bond donors (Lipinski definition) is 3. The number of aliphatic hydroxyl groups excluding tert-OH is 2. The Hall–Kier alpha value is -1.53. The van der Waals surface area contributed by atoms with Gasteiger partial charge < -0.3 is 15.3 Å². The number of aliphatic carboxylic acids is 1. The van der Waals surface area contributed by atoms with Crippen LogP contribution in [0.1, 0.15) is 23.9 Å². The molecule has 0 bridgehead atoms. The van der Waals surface area contributed by atoms with E-state index in [1.165, 1.54) is 12.4 Å². The number of aromatic nitrogens is 2. The fourth-order valence-corrected chi connectivity index (χ4v) is 1.11. The molecule has 0 saturated carbocycles. The zero-order chi connectivity index (χ0) is 11.4. The highest BCUT2D eigenvalue weighted by atomic mass is 16.4. The Morgan fingerprint density at radius 1 is 1.47 bits per heavy atom. The van der Waals surface area contributed by atoms with E-state index in [0.29, 0.717) is 5.69 Å². The number of aliphatic hydroxyl groups is 2. The molecule has 3 N–H and O–H groups in total. The number of rotatable bonds is 4. The molecular weight excluding hydrogens is 200 g/mol. The third kappa shape index (κ3) is 3.26. The van der Waals surface area contributed by atoms with Crippen LogP contribution in [0.5, 0.6) is 0 Å². The number of carboxylic acids is 1. The van der Waals surface area contributed by atoms with Gasteiger partial charge in [-0.1, -0.05) is 0 Å². The Labute approximate surface area is 86.2 Å². The van der Waals surface area contributed by atoms with Crippen molar-refractivity contribution in [2.24, 2.45) is 0 Å². The monoisotopic (exact) mass is 212 g/mol.